The summed E-state index contributed by atoms with van der Waals surface area (Å²) in [7, 11) is 0. The standard InChI is InChI=1S/C27H36N2O4/c1-2-33-26(32)27-15-8-13-21-14-9-17-29(24(21)27)25(31)22(19-27)18-23(30)28-16-7-6-12-20-10-4-3-5-11-20/h3-5,10-11,22H,2,6-9,12-19H2,1H3,(H,28,30)/t22-,27-/m0/s1. The molecule has 1 saturated heterocycles. The van der Waals surface area contributed by atoms with Gasteiger partial charge in [-0.1, -0.05) is 30.3 Å². The van der Waals surface area contributed by atoms with E-state index in [1.54, 1.807) is 0 Å². The lowest BCUT2D eigenvalue weighted by Gasteiger charge is -2.51. The Labute approximate surface area is 196 Å². The van der Waals surface area contributed by atoms with Crippen molar-refractivity contribution < 1.29 is 19.1 Å². The summed E-state index contributed by atoms with van der Waals surface area (Å²) in [6.07, 6.45) is 7.88. The Morgan fingerprint density at radius 1 is 1.15 bits per heavy atom. The quantitative estimate of drug-likeness (QED) is 0.451. The minimum atomic E-state index is -0.765. The van der Waals surface area contributed by atoms with Crippen molar-refractivity contribution in [2.75, 3.05) is 19.7 Å². The summed E-state index contributed by atoms with van der Waals surface area (Å²) in [6.45, 7) is 3.39. The van der Waals surface area contributed by atoms with Crippen molar-refractivity contribution in [2.24, 2.45) is 11.3 Å². The molecule has 3 aliphatic rings. The van der Waals surface area contributed by atoms with E-state index in [0.717, 1.165) is 50.6 Å². The molecule has 6 heteroatoms. The first kappa shape index (κ1) is 23.5. The van der Waals surface area contributed by atoms with E-state index in [9.17, 15) is 14.4 Å². The first-order valence-electron chi connectivity index (χ1n) is 12.6. The zero-order valence-corrected chi connectivity index (χ0v) is 19.7. The maximum Gasteiger partial charge on any atom is 0.318 e. The van der Waals surface area contributed by atoms with Gasteiger partial charge in [0.2, 0.25) is 11.8 Å². The van der Waals surface area contributed by atoms with Gasteiger partial charge in [0.25, 0.3) is 0 Å². The van der Waals surface area contributed by atoms with Crippen LogP contribution in [0.2, 0.25) is 0 Å². The molecule has 6 nitrogen and oxygen atoms in total. The Morgan fingerprint density at radius 3 is 2.73 bits per heavy atom. The fourth-order valence-corrected chi connectivity index (χ4v) is 5.91. The summed E-state index contributed by atoms with van der Waals surface area (Å²) < 4.78 is 5.51. The number of amides is 2. The van der Waals surface area contributed by atoms with Crippen LogP contribution in [0.25, 0.3) is 0 Å². The summed E-state index contributed by atoms with van der Waals surface area (Å²) in [5.41, 5.74) is 2.70. The molecule has 0 aromatic heterocycles. The van der Waals surface area contributed by atoms with E-state index in [1.807, 2.05) is 30.0 Å². The number of carbonyl (C=O) groups is 3. The predicted octanol–water partition coefficient (Wildman–Crippen LogP) is 4.15. The molecule has 2 aliphatic heterocycles. The van der Waals surface area contributed by atoms with Crippen molar-refractivity contribution in [3.63, 3.8) is 0 Å². The van der Waals surface area contributed by atoms with Gasteiger partial charge < -0.3 is 15.0 Å². The van der Waals surface area contributed by atoms with E-state index in [-0.39, 0.29) is 24.2 Å². The second-order valence-electron chi connectivity index (χ2n) is 9.60. The number of carbonyl (C=O) groups excluding carboxylic acids is 3. The van der Waals surface area contributed by atoms with Gasteiger partial charge in [0, 0.05) is 31.1 Å². The molecule has 0 unspecified atom stereocenters. The highest BCUT2D eigenvalue weighted by atomic mass is 16.5. The van der Waals surface area contributed by atoms with Crippen LogP contribution in [0.4, 0.5) is 0 Å². The van der Waals surface area contributed by atoms with Crippen LogP contribution in [0.1, 0.15) is 70.3 Å². The highest BCUT2D eigenvalue weighted by Gasteiger charge is 2.56. The van der Waals surface area contributed by atoms with Crippen LogP contribution >= 0.6 is 0 Å². The van der Waals surface area contributed by atoms with Crippen LogP contribution in [0.3, 0.4) is 0 Å². The van der Waals surface area contributed by atoms with E-state index in [0.29, 0.717) is 32.5 Å². The lowest BCUT2D eigenvalue weighted by atomic mass is 9.63. The molecule has 2 heterocycles. The van der Waals surface area contributed by atoms with Gasteiger partial charge in [-0.25, -0.2) is 0 Å². The van der Waals surface area contributed by atoms with Gasteiger partial charge in [0.05, 0.1) is 6.61 Å². The van der Waals surface area contributed by atoms with Crippen LogP contribution in [0.15, 0.2) is 41.6 Å². The molecule has 33 heavy (non-hydrogen) atoms. The Morgan fingerprint density at radius 2 is 1.94 bits per heavy atom. The van der Waals surface area contributed by atoms with Gasteiger partial charge in [0.1, 0.15) is 5.41 Å². The third-order valence-corrected chi connectivity index (χ3v) is 7.37. The van der Waals surface area contributed by atoms with E-state index in [1.165, 1.54) is 11.1 Å². The van der Waals surface area contributed by atoms with E-state index in [2.05, 4.69) is 17.4 Å². The third kappa shape index (κ3) is 4.99. The first-order chi connectivity index (χ1) is 16.0. The second kappa shape index (κ2) is 10.5. The number of allylic oxidation sites excluding steroid dienone is 1. The zero-order valence-electron chi connectivity index (χ0n) is 19.7. The molecule has 4 rings (SSSR count). The number of nitrogens with one attached hydrogen (secondary N) is 1. The number of hydrogen-bond acceptors (Lipinski definition) is 4. The fourth-order valence-electron chi connectivity index (χ4n) is 5.91. The number of ether oxygens (including phenoxy) is 1. The molecule has 2 atom stereocenters. The normalized spacial score (nSPS) is 24.3. The number of nitrogens with zero attached hydrogens (tertiary/aromatic N) is 1. The number of aryl methyl sites for hydroxylation is 1. The minimum Gasteiger partial charge on any atom is -0.465 e. The highest BCUT2D eigenvalue weighted by molar-refractivity contribution is 5.92. The molecule has 0 radical (unpaired) electrons. The van der Waals surface area contributed by atoms with Crippen molar-refractivity contribution in [1.82, 2.24) is 10.2 Å². The van der Waals surface area contributed by atoms with Crippen molar-refractivity contribution in [3.8, 4) is 0 Å². The highest BCUT2D eigenvalue weighted by Crippen LogP contribution is 2.54. The van der Waals surface area contributed by atoms with Crippen LogP contribution in [-0.2, 0) is 25.5 Å². The van der Waals surface area contributed by atoms with E-state index >= 15 is 0 Å². The summed E-state index contributed by atoms with van der Waals surface area (Å²) in [6, 6.07) is 10.3. The number of esters is 1. The summed E-state index contributed by atoms with van der Waals surface area (Å²) >= 11 is 0. The number of unbranched alkanes of at least 4 members (excludes halogenated alkanes) is 1. The maximum atomic E-state index is 13.3. The van der Waals surface area contributed by atoms with Gasteiger partial charge in [-0.3, -0.25) is 14.4 Å². The largest absolute Gasteiger partial charge is 0.465 e. The number of hydrogen-bond donors (Lipinski definition) is 1. The maximum absolute atomic E-state index is 13.3. The van der Waals surface area contributed by atoms with Gasteiger partial charge in [-0.15, -0.1) is 0 Å². The molecule has 0 saturated carbocycles. The monoisotopic (exact) mass is 452 g/mol. The number of rotatable bonds is 9. The molecule has 2 amide bonds. The van der Waals surface area contributed by atoms with Crippen molar-refractivity contribution in [1.29, 1.82) is 0 Å². The Bertz CT molecular complexity index is 906. The van der Waals surface area contributed by atoms with Crippen LogP contribution in [0.5, 0.6) is 0 Å². The lowest BCUT2D eigenvalue weighted by molar-refractivity contribution is -0.162. The molecule has 0 bridgehead atoms. The van der Waals surface area contributed by atoms with Crippen LogP contribution in [-0.4, -0.2) is 42.4 Å². The fraction of sp³-hybridized carbons (Fsp3) is 0.593. The van der Waals surface area contributed by atoms with Gasteiger partial charge in [-0.05, 0) is 75.8 Å². The summed E-state index contributed by atoms with van der Waals surface area (Å²) in [5.74, 6) is -0.793. The van der Waals surface area contributed by atoms with Gasteiger partial charge >= 0.3 is 5.97 Å². The molecular formula is C27H36N2O4. The molecule has 0 spiro atoms. The topological polar surface area (TPSA) is 75.7 Å². The van der Waals surface area contributed by atoms with Gasteiger partial charge in [-0.2, -0.15) is 0 Å². The summed E-state index contributed by atoms with van der Waals surface area (Å²) in [5, 5.41) is 2.99. The smallest absolute Gasteiger partial charge is 0.318 e. The molecule has 1 fully saturated rings. The molecule has 1 aliphatic carbocycles. The zero-order chi connectivity index (χ0) is 23.3. The average molecular weight is 453 g/mol. The lowest BCUT2D eigenvalue weighted by Crippen LogP contribution is -2.56. The summed E-state index contributed by atoms with van der Waals surface area (Å²) in [4.78, 5) is 41.1. The molecule has 1 N–H and O–H groups in total. The Kier molecular flexibility index (Phi) is 7.51. The Balaban J connectivity index is 1.37. The van der Waals surface area contributed by atoms with Crippen molar-refractivity contribution >= 4 is 17.8 Å². The third-order valence-electron chi connectivity index (χ3n) is 7.37. The predicted molar refractivity (Wildman–Crippen MR) is 126 cm³/mol. The van der Waals surface area contributed by atoms with Gasteiger partial charge in [0.15, 0.2) is 0 Å². The molecular weight excluding hydrogens is 416 g/mol. The van der Waals surface area contributed by atoms with Crippen molar-refractivity contribution in [2.45, 2.75) is 71.1 Å². The van der Waals surface area contributed by atoms with Crippen LogP contribution in [0, 0.1) is 11.3 Å². The van der Waals surface area contributed by atoms with E-state index in [4.69, 9.17) is 4.74 Å². The van der Waals surface area contributed by atoms with Crippen LogP contribution < -0.4 is 5.32 Å². The SMILES string of the molecule is CCOC(=O)[C@]12CCCC3=C1N(CCC3)C(=O)[C@@H](CC(=O)NCCCCc1ccccc1)C2. The van der Waals surface area contributed by atoms with E-state index < -0.39 is 11.3 Å². The average Bonchev–Trinajstić information content (AvgIpc) is 2.83. The number of benzene rings is 1. The second-order valence-corrected chi connectivity index (χ2v) is 9.60. The molecule has 1 aromatic carbocycles. The Hall–Kier alpha value is -2.63. The number of piperidine rings is 1. The minimum absolute atomic E-state index is 0.00301. The van der Waals surface area contributed by atoms with Crippen molar-refractivity contribution in [3.05, 3.63) is 47.2 Å². The molecule has 1 aromatic rings. The first-order valence-corrected chi connectivity index (χ1v) is 12.6. The molecule has 178 valence electrons.